The van der Waals surface area contributed by atoms with E-state index in [2.05, 4.69) is 25.5 Å². The lowest BCUT2D eigenvalue weighted by Crippen LogP contribution is -2.14. The summed E-state index contributed by atoms with van der Waals surface area (Å²) in [6.45, 7) is 0. The second-order valence-electron chi connectivity index (χ2n) is 6.34. The number of benzene rings is 2. The molecule has 2 N–H and O–H groups in total. The van der Waals surface area contributed by atoms with Crippen molar-refractivity contribution in [3.8, 4) is 5.75 Å². The molecule has 4 rings (SSSR count). The van der Waals surface area contributed by atoms with Crippen LogP contribution in [0.25, 0.3) is 11.0 Å². The van der Waals surface area contributed by atoms with Gasteiger partial charge < -0.3 is 19.5 Å². The number of hydrogen-bond donors (Lipinski definition) is 2. The maximum Gasteiger partial charge on any atom is 0.277 e. The molecule has 0 spiro atoms. The molecule has 10 heteroatoms. The number of aryl methyl sites for hydroxylation is 2. The van der Waals surface area contributed by atoms with Crippen LogP contribution in [-0.2, 0) is 17.6 Å². The van der Waals surface area contributed by atoms with Crippen molar-refractivity contribution in [3.05, 3.63) is 59.2 Å². The van der Waals surface area contributed by atoms with Gasteiger partial charge in [-0.3, -0.25) is 4.79 Å². The number of hydrogen-bond acceptors (Lipinski definition) is 7. The number of para-hydroxylation sites is 2. The number of anilines is 1. The Bertz CT molecular complexity index is 1140. The van der Waals surface area contributed by atoms with E-state index in [-0.39, 0.29) is 11.7 Å². The van der Waals surface area contributed by atoms with Gasteiger partial charge in [0.05, 0.1) is 29.6 Å². The summed E-state index contributed by atoms with van der Waals surface area (Å²) in [6.07, 6.45) is 1.20. The number of carbonyl (C=O) groups is 1. The predicted octanol–water partition coefficient (Wildman–Crippen LogP) is 4.12. The van der Waals surface area contributed by atoms with Crippen LogP contribution in [0.2, 0.25) is 5.02 Å². The number of halogens is 1. The van der Waals surface area contributed by atoms with E-state index in [0.717, 1.165) is 28.6 Å². The van der Waals surface area contributed by atoms with E-state index in [1.807, 2.05) is 24.3 Å². The molecule has 0 aliphatic rings. The normalized spacial score (nSPS) is 11.0. The topological polar surface area (TPSA) is 106 Å². The molecule has 1 amide bonds. The van der Waals surface area contributed by atoms with Gasteiger partial charge in [-0.05, 0) is 30.3 Å². The van der Waals surface area contributed by atoms with E-state index < -0.39 is 0 Å². The van der Waals surface area contributed by atoms with Crippen molar-refractivity contribution in [3.63, 3.8) is 0 Å². The zero-order valence-corrected chi connectivity index (χ0v) is 17.6. The molecule has 0 bridgehead atoms. The third kappa shape index (κ3) is 4.92. The van der Waals surface area contributed by atoms with E-state index in [0.29, 0.717) is 40.4 Å². The van der Waals surface area contributed by atoms with Crippen LogP contribution in [0.1, 0.15) is 11.7 Å². The third-order valence-corrected chi connectivity index (χ3v) is 5.28. The van der Waals surface area contributed by atoms with Gasteiger partial charge in [-0.1, -0.05) is 35.5 Å². The number of aromatic amines is 1. The standard InChI is InChI=1S/C20H18ClN5O3S/c1-28-16-7-6-12(21)10-15(16)24-18(27)11-30-20-26-25-19(29-20)9-8-17-22-13-4-2-3-5-14(13)23-17/h2-7,10H,8-9,11H2,1H3,(H,22,23)(H,24,27). The van der Waals surface area contributed by atoms with Crippen molar-refractivity contribution in [2.75, 3.05) is 18.2 Å². The molecule has 4 aromatic rings. The van der Waals surface area contributed by atoms with Crippen LogP contribution in [0.15, 0.2) is 52.1 Å². The first-order valence-corrected chi connectivity index (χ1v) is 10.5. The number of ether oxygens (including phenoxy) is 1. The van der Waals surface area contributed by atoms with Gasteiger partial charge in [0.15, 0.2) is 0 Å². The molecule has 2 aromatic heterocycles. The van der Waals surface area contributed by atoms with Crippen LogP contribution in [0.4, 0.5) is 5.69 Å². The number of methoxy groups -OCH3 is 1. The Kier molecular flexibility index (Phi) is 6.20. The number of H-pyrrole nitrogens is 1. The molecule has 8 nitrogen and oxygen atoms in total. The fourth-order valence-electron chi connectivity index (χ4n) is 2.84. The molecule has 0 saturated heterocycles. The first-order chi connectivity index (χ1) is 14.6. The van der Waals surface area contributed by atoms with Gasteiger partial charge in [0.2, 0.25) is 11.8 Å². The van der Waals surface area contributed by atoms with Crippen LogP contribution in [0.3, 0.4) is 0 Å². The molecule has 0 fully saturated rings. The van der Waals surface area contributed by atoms with Crippen LogP contribution >= 0.6 is 23.4 Å². The fourth-order valence-corrected chi connectivity index (χ4v) is 3.59. The number of nitrogens with zero attached hydrogens (tertiary/aromatic N) is 3. The number of thioether (sulfide) groups is 1. The van der Waals surface area contributed by atoms with Gasteiger partial charge >= 0.3 is 0 Å². The van der Waals surface area contributed by atoms with Gasteiger partial charge in [0, 0.05) is 17.9 Å². The highest BCUT2D eigenvalue weighted by atomic mass is 35.5. The molecule has 2 aromatic carbocycles. The summed E-state index contributed by atoms with van der Waals surface area (Å²) in [7, 11) is 1.53. The first kappa shape index (κ1) is 20.2. The average molecular weight is 444 g/mol. The van der Waals surface area contributed by atoms with Gasteiger partial charge in [-0.15, -0.1) is 10.2 Å². The minimum atomic E-state index is -0.234. The maximum absolute atomic E-state index is 12.2. The number of imidazole rings is 1. The molecule has 30 heavy (non-hydrogen) atoms. The molecule has 0 saturated carbocycles. The molecular weight excluding hydrogens is 426 g/mol. The van der Waals surface area contributed by atoms with E-state index in [9.17, 15) is 4.79 Å². The van der Waals surface area contributed by atoms with Crippen molar-refractivity contribution in [2.45, 2.75) is 18.1 Å². The number of aromatic nitrogens is 4. The lowest BCUT2D eigenvalue weighted by Gasteiger charge is -2.09. The summed E-state index contributed by atoms with van der Waals surface area (Å²) >= 11 is 7.14. The highest BCUT2D eigenvalue weighted by Crippen LogP contribution is 2.28. The fraction of sp³-hybridized carbons (Fsp3) is 0.200. The lowest BCUT2D eigenvalue weighted by molar-refractivity contribution is -0.113. The van der Waals surface area contributed by atoms with Crippen molar-refractivity contribution >= 4 is 46.0 Å². The van der Waals surface area contributed by atoms with Crippen LogP contribution in [-0.4, -0.2) is 38.9 Å². The second kappa shape index (κ2) is 9.19. The summed E-state index contributed by atoms with van der Waals surface area (Å²) in [6, 6.07) is 12.9. The van der Waals surface area contributed by atoms with Crippen molar-refractivity contribution in [2.24, 2.45) is 0 Å². The molecular formula is C20H18ClN5O3S. The number of rotatable bonds is 8. The van der Waals surface area contributed by atoms with Gasteiger partial charge in [-0.2, -0.15) is 0 Å². The van der Waals surface area contributed by atoms with Gasteiger partial charge in [0.1, 0.15) is 11.6 Å². The van der Waals surface area contributed by atoms with Crippen LogP contribution in [0.5, 0.6) is 5.75 Å². The quantitative estimate of drug-likeness (QED) is 0.394. The smallest absolute Gasteiger partial charge is 0.277 e. The van der Waals surface area contributed by atoms with Crippen LogP contribution in [0, 0.1) is 0 Å². The summed E-state index contributed by atoms with van der Waals surface area (Å²) in [5.74, 6) is 1.76. The maximum atomic E-state index is 12.2. The molecule has 2 heterocycles. The largest absolute Gasteiger partial charge is 0.495 e. The predicted molar refractivity (Wildman–Crippen MR) is 115 cm³/mol. The Hall–Kier alpha value is -3.04. The van der Waals surface area contributed by atoms with Crippen molar-refractivity contribution < 1.29 is 13.9 Å². The molecule has 0 unspecified atom stereocenters. The minimum absolute atomic E-state index is 0.112. The monoisotopic (exact) mass is 443 g/mol. The summed E-state index contributed by atoms with van der Waals surface area (Å²) < 4.78 is 10.8. The zero-order valence-electron chi connectivity index (χ0n) is 16.0. The Morgan fingerprint density at radius 2 is 2.10 bits per heavy atom. The number of fused-ring (bicyclic) bond motifs is 1. The van der Waals surface area contributed by atoms with Crippen molar-refractivity contribution in [1.82, 2.24) is 20.2 Å². The number of amides is 1. The average Bonchev–Trinajstić information content (AvgIpc) is 3.37. The Morgan fingerprint density at radius 3 is 2.93 bits per heavy atom. The number of nitrogens with one attached hydrogen (secondary N) is 2. The van der Waals surface area contributed by atoms with Crippen LogP contribution < -0.4 is 10.1 Å². The van der Waals surface area contributed by atoms with Crippen molar-refractivity contribution in [1.29, 1.82) is 0 Å². The van der Waals surface area contributed by atoms with E-state index in [1.54, 1.807) is 18.2 Å². The Balaban J connectivity index is 1.29. The molecule has 0 aliphatic heterocycles. The van der Waals surface area contributed by atoms with E-state index >= 15 is 0 Å². The minimum Gasteiger partial charge on any atom is -0.495 e. The summed E-state index contributed by atoms with van der Waals surface area (Å²) in [5, 5.41) is 11.6. The number of carbonyl (C=O) groups excluding carboxylic acids is 1. The highest BCUT2D eigenvalue weighted by Gasteiger charge is 2.13. The second-order valence-corrected chi connectivity index (χ2v) is 7.71. The summed E-state index contributed by atoms with van der Waals surface area (Å²) in [5.41, 5.74) is 2.43. The molecule has 0 radical (unpaired) electrons. The Labute approximate surface area is 181 Å². The highest BCUT2D eigenvalue weighted by molar-refractivity contribution is 7.99. The van der Waals surface area contributed by atoms with E-state index in [1.165, 1.54) is 7.11 Å². The van der Waals surface area contributed by atoms with Gasteiger partial charge in [0.25, 0.3) is 5.22 Å². The Morgan fingerprint density at radius 1 is 1.23 bits per heavy atom. The molecule has 0 atom stereocenters. The SMILES string of the molecule is COc1ccc(Cl)cc1NC(=O)CSc1nnc(CCc2nc3ccccc3[nH]2)o1. The first-order valence-electron chi connectivity index (χ1n) is 9.13. The van der Waals surface area contributed by atoms with Gasteiger partial charge in [-0.25, -0.2) is 4.98 Å². The lowest BCUT2D eigenvalue weighted by atomic mass is 10.3. The van der Waals surface area contributed by atoms with E-state index in [4.69, 9.17) is 20.8 Å². The summed E-state index contributed by atoms with van der Waals surface area (Å²) in [4.78, 5) is 20.0. The zero-order chi connectivity index (χ0) is 20.9. The molecule has 0 aliphatic carbocycles. The molecule has 154 valence electrons. The third-order valence-electron chi connectivity index (χ3n) is 4.22.